The molecule has 2 aromatic rings. The van der Waals surface area contributed by atoms with Gasteiger partial charge in [0.2, 0.25) is 0 Å². The van der Waals surface area contributed by atoms with Gasteiger partial charge in [-0.1, -0.05) is 17.7 Å². The third kappa shape index (κ3) is 4.37. The van der Waals surface area contributed by atoms with Gasteiger partial charge in [-0.05, 0) is 78.5 Å². The number of pyridine rings is 1. The number of carbonyl (C=O) groups is 1. The largest absolute Gasteiger partial charge is 0.317 e. The Labute approximate surface area is 152 Å². The van der Waals surface area contributed by atoms with Gasteiger partial charge in [-0.25, -0.2) is 4.98 Å². The average molecular weight is 446 g/mol. The van der Waals surface area contributed by atoms with Crippen LogP contribution in [0.3, 0.4) is 0 Å². The summed E-state index contributed by atoms with van der Waals surface area (Å²) in [6.45, 7) is 3.78. The van der Waals surface area contributed by atoms with Crippen molar-refractivity contribution < 1.29 is 4.79 Å². The number of hydrogen-bond donors (Lipinski definition) is 2. The van der Waals surface area contributed by atoms with E-state index in [2.05, 4.69) is 38.2 Å². The first-order chi connectivity index (χ1) is 10.4. The molecule has 0 saturated heterocycles. The number of benzene rings is 1. The summed E-state index contributed by atoms with van der Waals surface area (Å²) in [6.07, 6.45) is 0. The second-order valence-corrected chi connectivity index (χ2v) is 6.61. The van der Waals surface area contributed by atoms with Crippen LogP contribution >= 0.6 is 46.4 Å². The summed E-state index contributed by atoms with van der Waals surface area (Å²) < 4.78 is 1.06. The predicted molar refractivity (Wildman–Crippen MR) is 102 cm³/mol. The molecule has 0 unspecified atom stereocenters. The summed E-state index contributed by atoms with van der Waals surface area (Å²) >= 11 is 13.3. The Morgan fingerprint density at radius 1 is 1.27 bits per heavy atom. The van der Waals surface area contributed by atoms with E-state index in [0.29, 0.717) is 16.4 Å². The van der Waals surface area contributed by atoms with Gasteiger partial charge in [0.05, 0.1) is 5.69 Å². The Hall–Kier alpha value is -1.25. The minimum atomic E-state index is -0.318. The van der Waals surface area contributed by atoms with Gasteiger partial charge in [-0.15, -0.1) is 0 Å². The van der Waals surface area contributed by atoms with Crippen LogP contribution in [0.25, 0.3) is 0 Å². The monoisotopic (exact) mass is 445 g/mol. The second kappa shape index (κ2) is 7.34. The zero-order valence-electron chi connectivity index (χ0n) is 11.9. The maximum Gasteiger partial charge on any atom is 0.257 e. The lowest BCUT2D eigenvalue weighted by molar-refractivity contribution is 0.0977. The first kappa shape index (κ1) is 17.1. The van der Waals surface area contributed by atoms with Crippen molar-refractivity contribution in [3.8, 4) is 0 Å². The van der Waals surface area contributed by atoms with Crippen molar-refractivity contribution in [2.75, 3.05) is 5.32 Å². The van der Waals surface area contributed by atoms with Crippen LogP contribution in [0.5, 0.6) is 0 Å². The molecule has 0 radical (unpaired) electrons. The number of nitrogens with one attached hydrogen (secondary N) is 2. The molecule has 0 aliphatic rings. The maximum absolute atomic E-state index is 12.1. The van der Waals surface area contributed by atoms with E-state index >= 15 is 0 Å². The van der Waals surface area contributed by atoms with Crippen LogP contribution < -0.4 is 10.6 Å². The van der Waals surface area contributed by atoms with Gasteiger partial charge in [0.1, 0.15) is 5.82 Å². The molecule has 0 bridgehead atoms. The number of carbonyl (C=O) groups excluding carboxylic acids is 1. The Balaban J connectivity index is 2.03. The SMILES string of the molecule is Cc1ccc(C(=O)NC(=S)Nc2ccc(I)c(C)n2)cc1Cl. The summed E-state index contributed by atoms with van der Waals surface area (Å²) in [5, 5.41) is 6.23. The highest BCUT2D eigenvalue weighted by Gasteiger charge is 2.10. The average Bonchev–Trinajstić information content (AvgIpc) is 2.45. The minimum Gasteiger partial charge on any atom is -0.317 e. The number of aryl methyl sites for hydroxylation is 2. The molecular weight excluding hydrogens is 433 g/mol. The molecule has 0 spiro atoms. The fraction of sp³-hybridized carbons (Fsp3) is 0.133. The molecule has 1 aromatic heterocycles. The Morgan fingerprint density at radius 3 is 2.64 bits per heavy atom. The van der Waals surface area contributed by atoms with Crippen molar-refractivity contribution in [1.29, 1.82) is 0 Å². The molecular formula is C15H13ClIN3OS. The number of thiocarbonyl (C=S) groups is 1. The second-order valence-electron chi connectivity index (χ2n) is 4.64. The van der Waals surface area contributed by atoms with Crippen LogP contribution in [0.4, 0.5) is 5.82 Å². The van der Waals surface area contributed by atoms with Crippen LogP contribution in [0.2, 0.25) is 5.02 Å². The molecule has 2 rings (SSSR count). The molecule has 2 N–H and O–H groups in total. The van der Waals surface area contributed by atoms with Crippen LogP contribution in [-0.2, 0) is 0 Å². The molecule has 4 nitrogen and oxygen atoms in total. The van der Waals surface area contributed by atoms with E-state index in [-0.39, 0.29) is 11.0 Å². The van der Waals surface area contributed by atoms with Gasteiger partial charge in [0.25, 0.3) is 5.91 Å². The minimum absolute atomic E-state index is 0.190. The van der Waals surface area contributed by atoms with E-state index in [1.165, 1.54) is 0 Å². The highest BCUT2D eigenvalue weighted by molar-refractivity contribution is 14.1. The summed E-state index contributed by atoms with van der Waals surface area (Å²) in [6, 6.07) is 8.83. The van der Waals surface area contributed by atoms with Crippen molar-refractivity contribution >= 4 is 63.2 Å². The maximum atomic E-state index is 12.1. The third-order valence-electron chi connectivity index (χ3n) is 2.92. The number of anilines is 1. The van der Waals surface area contributed by atoms with E-state index in [9.17, 15) is 4.79 Å². The molecule has 0 aliphatic heterocycles. The molecule has 1 heterocycles. The molecule has 7 heteroatoms. The Kier molecular flexibility index (Phi) is 5.71. The van der Waals surface area contributed by atoms with Crippen LogP contribution in [0.15, 0.2) is 30.3 Å². The molecule has 0 aliphatic carbocycles. The lowest BCUT2D eigenvalue weighted by Gasteiger charge is -2.10. The van der Waals surface area contributed by atoms with Gasteiger partial charge in [-0.2, -0.15) is 0 Å². The van der Waals surface area contributed by atoms with Crippen LogP contribution in [0.1, 0.15) is 21.6 Å². The fourth-order valence-electron chi connectivity index (χ4n) is 1.67. The topological polar surface area (TPSA) is 54.0 Å². The first-order valence-corrected chi connectivity index (χ1v) is 8.25. The number of hydrogen-bond acceptors (Lipinski definition) is 3. The van der Waals surface area contributed by atoms with Gasteiger partial charge >= 0.3 is 0 Å². The Morgan fingerprint density at radius 2 is 2.00 bits per heavy atom. The van der Waals surface area contributed by atoms with Crippen molar-refractivity contribution in [2.45, 2.75) is 13.8 Å². The molecule has 0 atom stereocenters. The van der Waals surface area contributed by atoms with Gasteiger partial charge < -0.3 is 5.32 Å². The fourth-order valence-corrected chi connectivity index (χ4v) is 2.35. The van der Waals surface area contributed by atoms with Crippen molar-refractivity contribution in [2.24, 2.45) is 0 Å². The number of amides is 1. The lowest BCUT2D eigenvalue weighted by atomic mass is 10.1. The molecule has 1 aromatic carbocycles. The molecule has 1 amide bonds. The standard InChI is InChI=1S/C15H13ClIN3OS/c1-8-3-4-10(7-11(8)16)14(21)20-15(22)19-13-6-5-12(17)9(2)18-13/h3-7H,1-2H3,(H2,18,19,20,21,22). The highest BCUT2D eigenvalue weighted by Crippen LogP contribution is 2.16. The van der Waals surface area contributed by atoms with E-state index in [1.54, 1.807) is 24.3 Å². The van der Waals surface area contributed by atoms with Crippen molar-refractivity contribution in [3.05, 3.63) is 55.7 Å². The number of aromatic nitrogens is 1. The zero-order chi connectivity index (χ0) is 16.3. The molecule has 0 fully saturated rings. The van der Waals surface area contributed by atoms with Crippen molar-refractivity contribution in [1.82, 2.24) is 10.3 Å². The number of halogens is 2. The molecule has 0 saturated carbocycles. The third-order valence-corrected chi connectivity index (χ3v) is 4.68. The predicted octanol–water partition coefficient (Wildman–Crippen LogP) is 4.08. The van der Waals surface area contributed by atoms with E-state index in [4.69, 9.17) is 23.8 Å². The van der Waals surface area contributed by atoms with Crippen LogP contribution in [-0.4, -0.2) is 16.0 Å². The van der Waals surface area contributed by atoms with E-state index < -0.39 is 0 Å². The van der Waals surface area contributed by atoms with Gasteiger partial charge in [0, 0.05) is 14.2 Å². The van der Waals surface area contributed by atoms with Gasteiger partial charge in [-0.3, -0.25) is 10.1 Å². The lowest BCUT2D eigenvalue weighted by Crippen LogP contribution is -2.34. The smallest absolute Gasteiger partial charge is 0.257 e. The zero-order valence-corrected chi connectivity index (χ0v) is 15.6. The van der Waals surface area contributed by atoms with Crippen molar-refractivity contribution in [3.63, 3.8) is 0 Å². The van der Waals surface area contributed by atoms with Gasteiger partial charge in [0.15, 0.2) is 5.11 Å². The molecule has 114 valence electrons. The van der Waals surface area contributed by atoms with E-state index in [0.717, 1.165) is 14.8 Å². The Bertz CT molecular complexity index is 752. The van der Waals surface area contributed by atoms with E-state index in [1.807, 2.05) is 19.9 Å². The highest BCUT2D eigenvalue weighted by atomic mass is 127. The summed E-state index contributed by atoms with van der Waals surface area (Å²) in [4.78, 5) is 16.5. The summed E-state index contributed by atoms with van der Waals surface area (Å²) in [5.41, 5.74) is 2.26. The van der Waals surface area contributed by atoms with Crippen LogP contribution in [0, 0.1) is 17.4 Å². The summed E-state index contributed by atoms with van der Waals surface area (Å²) in [7, 11) is 0. The number of rotatable bonds is 2. The number of nitrogens with zero attached hydrogens (tertiary/aromatic N) is 1. The first-order valence-electron chi connectivity index (χ1n) is 6.38. The quantitative estimate of drug-likeness (QED) is 0.540. The normalized spacial score (nSPS) is 10.2. The summed E-state index contributed by atoms with van der Waals surface area (Å²) in [5.74, 6) is 0.270. The molecule has 22 heavy (non-hydrogen) atoms.